The van der Waals surface area contributed by atoms with E-state index < -0.39 is 15.1 Å². The molecule has 7 heteroatoms. The number of sulfone groups is 1. The Bertz CT molecular complexity index is 573. The number of halogens is 1. The van der Waals surface area contributed by atoms with Gasteiger partial charge in [0.1, 0.15) is 0 Å². The minimum atomic E-state index is -3.08. The van der Waals surface area contributed by atoms with Gasteiger partial charge in [0, 0.05) is 36.2 Å². The van der Waals surface area contributed by atoms with E-state index >= 15 is 0 Å². The molecule has 1 aromatic rings. The number of carbonyl (C=O) groups is 1. The first-order valence-corrected chi connectivity index (χ1v) is 8.21. The Hall–Kier alpha value is -0.950. The topological polar surface area (TPSA) is 67.3 Å². The third-order valence-corrected chi connectivity index (χ3v) is 5.02. The first kappa shape index (κ1) is 13.5. The molecule has 1 fully saturated rings. The van der Waals surface area contributed by atoms with Crippen molar-refractivity contribution in [3.05, 3.63) is 28.5 Å². The van der Waals surface area contributed by atoms with Gasteiger partial charge in [-0.25, -0.2) is 8.42 Å². The Labute approximate surface area is 114 Å². The van der Waals surface area contributed by atoms with Gasteiger partial charge < -0.3 is 4.90 Å². The summed E-state index contributed by atoms with van der Waals surface area (Å²) < 4.78 is 23.6. The molecule has 98 valence electrons. The number of amides is 1. The second-order valence-corrected chi connectivity index (χ2v) is 7.62. The van der Waals surface area contributed by atoms with E-state index in [-0.39, 0.29) is 12.5 Å². The van der Waals surface area contributed by atoms with Gasteiger partial charge in [0.2, 0.25) is 0 Å². The van der Waals surface area contributed by atoms with Gasteiger partial charge in [0.25, 0.3) is 5.91 Å². The molecule has 0 aliphatic carbocycles. The molecule has 1 atom stereocenters. The van der Waals surface area contributed by atoms with E-state index in [2.05, 4.69) is 20.9 Å². The van der Waals surface area contributed by atoms with Crippen molar-refractivity contribution in [3.63, 3.8) is 0 Å². The number of hydrogen-bond acceptors (Lipinski definition) is 4. The van der Waals surface area contributed by atoms with Crippen LogP contribution in [-0.2, 0) is 9.84 Å². The van der Waals surface area contributed by atoms with E-state index in [1.807, 2.05) is 0 Å². The number of likely N-dealkylation sites (tertiary alicyclic amines) is 1. The molecular formula is C11H13BrN2O3S. The predicted octanol–water partition coefficient (Wildman–Crippen LogP) is 1.10. The Morgan fingerprint density at radius 3 is 2.78 bits per heavy atom. The molecule has 0 spiro atoms. The van der Waals surface area contributed by atoms with E-state index in [1.165, 1.54) is 12.5 Å². The van der Waals surface area contributed by atoms with Crippen LogP contribution in [0.5, 0.6) is 0 Å². The summed E-state index contributed by atoms with van der Waals surface area (Å²) in [6.07, 6.45) is 4.80. The number of carbonyl (C=O) groups excluding carboxylic acids is 1. The Morgan fingerprint density at radius 2 is 2.22 bits per heavy atom. The molecule has 1 amide bonds. The maximum atomic E-state index is 12.1. The van der Waals surface area contributed by atoms with Crippen molar-refractivity contribution in [3.8, 4) is 0 Å². The summed E-state index contributed by atoms with van der Waals surface area (Å²) >= 11 is 3.25. The normalized spacial score (nSPS) is 20.1. The van der Waals surface area contributed by atoms with Gasteiger partial charge >= 0.3 is 0 Å². The minimum Gasteiger partial charge on any atom is -0.337 e. The molecule has 2 rings (SSSR count). The number of hydrogen-bond donors (Lipinski definition) is 0. The zero-order valence-corrected chi connectivity index (χ0v) is 12.2. The van der Waals surface area contributed by atoms with Crippen molar-refractivity contribution in [2.75, 3.05) is 19.3 Å². The highest BCUT2D eigenvalue weighted by Gasteiger charge is 2.32. The molecule has 0 bridgehead atoms. The fourth-order valence-electron chi connectivity index (χ4n) is 1.97. The highest BCUT2D eigenvalue weighted by atomic mass is 79.9. The second kappa shape index (κ2) is 4.97. The first-order chi connectivity index (χ1) is 8.38. The summed E-state index contributed by atoms with van der Waals surface area (Å²) in [5.41, 5.74) is 0.471. The van der Waals surface area contributed by atoms with Crippen LogP contribution in [0.3, 0.4) is 0 Å². The predicted molar refractivity (Wildman–Crippen MR) is 71.1 cm³/mol. The van der Waals surface area contributed by atoms with E-state index in [1.54, 1.807) is 17.2 Å². The summed E-state index contributed by atoms with van der Waals surface area (Å²) in [6.45, 7) is 0.743. The summed E-state index contributed by atoms with van der Waals surface area (Å²) in [4.78, 5) is 17.6. The van der Waals surface area contributed by atoms with Crippen LogP contribution in [0.4, 0.5) is 0 Å². The number of aromatic nitrogens is 1. The zero-order chi connectivity index (χ0) is 13.3. The molecule has 2 heterocycles. The zero-order valence-electron chi connectivity index (χ0n) is 9.84. The molecule has 1 saturated heterocycles. The van der Waals surface area contributed by atoms with Crippen LogP contribution in [0, 0.1) is 0 Å². The molecule has 1 aliphatic heterocycles. The van der Waals surface area contributed by atoms with Crippen LogP contribution >= 0.6 is 15.9 Å². The first-order valence-electron chi connectivity index (χ1n) is 5.46. The standard InChI is InChI=1S/C11H13BrN2O3S/c1-18(16,17)10-2-3-14(7-10)11(15)8-4-9(12)6-13-5-8/h4-6,10H,2-3,7H2,1H3. The molecule has 5 nitrogen and oxygen atoms in total. The number of rotatable bonds is 2. The van der Waals surface area contributed by atoms with Crippen molar-refractivity contribution in [2.24, 2.45) is 0 Å². The summed E-state index contributed by atoms with van der Waals surface area (Å²) in [6, 6.07) is 1.68. The number of nitrogens with zero attached hydrogens (tertiary/aromatic N) is 2. The average Bonchev–Trinajstić information content (AvgIpc) is 2.77. The monoisotopic (exact) mass is 332 g/mol. The smallest absolute Gasteiger partial charge is 0.255 e. The lowest BCUT2D eigenvalue weighted by molar-refractivity contribution is 0.0792. The van der Waals surface area contributed by atoms with E-state index in [4.69, 9.17) is 0 Å². The molecule has 1 aromatic heterocycles. The van der Waals surface area contributed by atoms with E-state index in [0.29, 0.717) is 18.5 Å². The quantitative estimate of drug-likeness (QED) is 0.813. The third kappa shape index (κ3) is 2.89. The highest BCUT2D eigenvalue weighted by molar-refractivity contribution is 9.10. The molecule has 0 N–H and O–H groups in total. The number of pyridine rings is 1. The second-order valence-electron chi connectivity index (χ2n) is 4.38. The Morgan fingerprint density at radius 1 is 1.50 bits per heavy atom. The van der Waals surface area contributed by atoms with Crippen molar-refractivity contribution in [2.45, 2.75) is 11.7 Å². The van der Waals surface area contributed by atoms with Crippen LogP contribution in [-0.4, -0.2) is 48.8 Å². The van der Waals surface area contributed by atoms with E-state index in [9.17, 15) is 13.2 Å². The van der Waals surface area contributed by atoms with Crippen molar-refractivity contribution >= 4 is 31.7 Å². The summed E-state index contributed by atoms with van der Waals surface area (Å²) in [7, 11) is -3.08. The highest BCUT2D eigenvalue weighted by Crippen LogP contribution is 2.19. The fourth-order valence-corrected chi connectivity index (χ4v) is 3.32. The molecular weight excluding hydrogens is 320 g/mol. The SMILES string of the molecule is CS(=O)(=O)C1CCN(C(=O)c2cncc(Br)c2)C1. The summed E-state index contributed by atoms with van der Waals surface area (Å²) in [5, 5.41) is -0.443. The van der Waals surface area contributed by atoms with Crippen LogP contribution in [0.2, 0.25) is 0 Å². The lowest BCUT2D eigenvalue weighted by atomic mass is 10.2. The van der Waals surface area contributed by atoms with Crippen LogP contribution in [0.15, 0.2) is 22.9 Å². The van der Waals surface area contributed by atoms with Gasteiger partial charge in [-0.1, -0.05) is 0 Å². The van der Waals surface area contributed by atoms with Crippen LogP contribution in [0.25, 0.3) is 0 Å². The van der Waals surface area contributed by atoms with Gasteiger partial charge in [-0.05, 0) is 28.4 Å². The van der Waals surface area contributed by atoms with Gasteiger partial charge in [0.05, 0.1) is 10.8 Å². The molecule has 0 aromatic carbocycles. The average molecular weight is 333 g/mol. The molecule has 1 aliphatic rings. The Kier molecular flexibility index (Phi) is 3.72. The Balaban J connectivity index is 2.13. The molecule has 18 heavy (non-hydrogen) atoms. The van der Waals surface area contributed by atoms with Crippen molar-refractivity contribution in [1.82, 2.24) is 9.88 Å². The molecule has 1 unspecified atom stereocenters. The van der Waals surface area contributed by atoms with Gasteiger partial charge in [-0.2, -0.15) is 0 Å². The fraction of sp³-hybridized carbons (Fsp3) is 0.455. The maximum absolute atomic E-state index is 12.1. The largest absolute Gasteiger partial charge is 0.337 e. The molecule has 0 saturated carbocycles. The maximum Gasteiger partial charge on any atom is 0.255 e. The lowest BCUT2D eigenvalue weighted by Crippen LogP contribution is -2.31. The van der Waals surface area contributed by atoms with E-state index in [0.717, 1.165) is 4.47 Å². The van der Waals surface area contributed by atoms with Gasteiger partial charge in [-0.3, -0.25) is 9.78 Å². The van der Waals surface area contributed by atoms with Crippen LogP contribution < -0.4 is 0 Å². The van der Waals surface area contributed by atoms with Crippen molar-refractivity contribution in [1.29, 1.82) is 0 Å². The molecule has 0 radical (unpaired) electrons. The van der Waals surface area contributed by atoms with Gasteiger partial charge in [-0.15, -0.1) is 0 Å². The van der Waals surface area contributed by atoms with Gasteiger partial charge in [0.15, 0.2) is 9.84 Å². The summed E-state index contributed by atoms with van der Waals surface area (Å²) in [5.74, 6) is -0.171. The van der Waals surface area contributed by atoms with Crippen molar-refractivity contribution < 1.29 is 13.2 Å². The third-order valence-electron chi connectivity index (χ3n) is 2.99. The van der Waals surface area contributed by atoms with Crippen LogP contribution in [0.1, 0.15) is 16.8 Å². The lowest BCUT2D eigenvalue weighted by Gasteiger charge is -2.16. The minimum absolute atomic E-state index is 0.171.